The zero-order valence-electron chi connectivity index (χ0n) is 37.3. The van der Waals surface area contributed by atoms with Crippen molar-refractivity contribution in [2.45, 2.75) is 146 Å². The molecule has 3 aliphatic carbocycles. The summed E-state index contributed by atoms with van der Waals surface area (Å²) in [5, 5.41) is 66.6. The Bertz CT molecular complexity index is 1900. The van der Waals surface area contributed by atoms with Gasteiger partial charge in [-0.25, -0.2) is 0 Å². The summed E-state index contributed by atoms with van der Waals surface area (Å²) in [7, 11) is 0. The first-order valence-corrected chi connectivity index (χ1v) is 24.0. The summed E-state index contributed by atoms with van der Waals surface area (Å²) < 4.78 is 12.4. The number of phenols is 1. The molecular formula is C52H73N3O8. The highest BCUT2D eigenvalue weighted by molar-refractivity contribution is 6.04. The van der Waals surface area contributed by atoms with E-state index in [1.165, 1.54) is 18.4 Å². The Morgan fingerprint density at radius 1 is 1.02 bits per heavy atom. The zero-order chi connectivity index (χ0) is 44.3. The standard InChI is InChI=1S/C52H73N3O8/c1-33(58)30-54-45(15-9-25-56)51-41-14-8-11-35(41)21-23-44-43(51)29-46(55-44)48(60)32-62-50-26-34(18-24-47(50)59)17-22-40-28-38(31-57)49(63-40)16-5-3-2-4-12-39(53)27-37-20-19-36-10-6-7-13-42(36)52(37)61/h6-7,10,13,18-20,24,26,28-29,33,35,37,39,41,45,48-49,51-52,54,56-61H,2-5,8-9,11-12,14-17,21-23,25,27,30-32,53H2,1H3/t33-,35+,37-,39-,41-,45+,48-,49?,51-,52-/m0/s1. The molecule has 11 nitrogen and oxygen atoms in total. The summed E-state index contributed by atoms with van der Waals surface area (Å²) in [6, 6.07) is 14.0. The van der Waals surface area contributed by atoms with Gasteiger partial charge in [0.25, 0.3) is 0 Å². The van der Waals surface area contributed by atoms with Crippen molar-refractivity contribution in [1.29, 1.82) is 0 Å². The molecule has 0 spiro atoms. The molecule has 2 heterocycles. The van der Waals surface area contributed by atoms with E-state index < -0.39 is 18.3 Å². The van der Waals surface area contributed by atoms with Crippen molar-refractivity contribution in [1.82, 2.24) is 5.32 Å². The van der Waals surface area contributed by atoms with Crippen LogP contribution in [0.1, 0.15) is 126 Å². The minimum absolute atomic E-state index is 0.000981. The molecule has 2 saturated carbocycles. The van der Waals surface area contributed by atoms with Crippen LogP contribution in [-0.4, -0.2) is 93.1 Å². The maximum atomic E-state index is 11.4. The number of aryl methyl sites for hydroxylation is 1. The minimum atomic E-state index is -0.988. The van der Waals surface area contributed by atoms with Crippen molar-refractivity contribution in [3.8, 4) is 11.5 Å². The Balaban J connectivity index is 0.848. The highest BCUT2D eigenvalue weighted by Crippen LogP contribution is 2.49. The number of benzene rings is 2. The Hall–Kier alpha value is -3.81. The number of aliphatic hydroxyl groups is 5. The van der Waals surface area contributed by atoms with Gasteiger partial charge in [-0.1, -0.05) is 93.2 Å². The fourth-order valence-electron chi connectivity index (χ4n) is 10.9. The zero-order valence-corrected chi connectivity index (χ0v) is 37.3. The minimum Gasteiger partial charge on any atom is -0.592 e. The Labute approximate surface area is 375 Å². The average molecular weight is 868 g/mol. The lowest BCUT2D eigenvalue weighted by atomic mass is 9.74. The van der Waals surface area contributed by atoms with E-state index >= 15 is 0 Å². The summed E-state index contributed by atoms with van der Waals surface area (Å²) in [5.74, 6) is 3.38. The van der Waals surface area contributed by atoms with Gasteiger partial charge in [-0.15, -0.1) is 4.99 Å². The predicted octanol–water partition coefficient (Wildman–Crippen LogP) is 7.20. The van der Waals surface area contributed by atoms with Crippen LogP contribution < -0.4 is 15.8 Å². The first kappa shape index (κ1) is 47.2. The normalized spacial score (nSPS) is 25.9. The van der Waals surface area contributed by atoms with Crippen LogP contribution in [0.25, 0.3) is 6.08 Å². The third-order valence-electron chi connectivity index (χ3n) is 14.2. The van der Waals surface area contributed by atoms with Crippen LogP contribution in [0, 0.1) is 35.6 Å². The van der Waals surface area contributed by atoms with Gasteiger partial charge < -0.3 is 51.2 Å². The molecule has 0 amide bonds. The molecule has 0 radical (unpaired) electrons. The molecule has 0 aromatic heterocycles. The molecule has 2 aromatic rings. The molecule has 0 bridgehead atoms. The van der Waals surface area contributed by atoms with Crippen LogP contribution in [0.2, 0.25) is 0 Å². The molecule has 344 valence electrons. The molecule has 11 heteroatoms. The number of aliphatic imine (C=N–C) groups is 1. The van der Waals surface area contributed by atoms with Crippen molar-refractivity contribution in [2.75, 3.05) is 26.4 Å². The molecule has 7 rings (SSSR count). The third-order valence-corrected chi connectivity index (χ3v) is 14.2. The van der Waals surface area contributed by atoms with E-state index in [1.54, 1.807) is 13.0 Å². The largest absolute Gasteiger partial charge is 0.592 e. The Morgan fingerprint density at radius 3 is 2.68 bits per heavy atom. The van der Waals surface area contributed by atoms with Gasteiger partial charge in [0.15, 0.2) is 29.4 Å². The summed E-state index contributed by atoms with van der Waals surface area (Å²) >= 11 is 0. The lowest BCUT2D eigenvalue weighted by molar-refractivity contribution is 0.120. The lowest BCUT2D eigenvalue weighted by Crippen LogP contribution is -2.44. The first-order valence-electron chi connectivity index (χ1n) is 24.0. The summed E-state index contributed by atoms with van der Waals surface area (Å²) in [4.78, 5) is 4.98. The number of fused-ring (bicyclic) bond motifs is 3. The number of ether oxygens (including phenoxy) is 2. The van der Waals surface area contributed by atoms with Gasteiger partial charge in [0.2, 0.25) is 0 Å². The number of nitrogens with zero attached hydrogens (tertiary/aromatic N) is 1. The van der Waals surface area contributed by atoms with E-state index in [0.717, 1.165) is 105 Å². The molecule has 1 unspecified atom stereocenters. The maximum Gasteiger partial charge on any atom is 0.189 e. The maximum absolute atomic E-state index is 11.4. The van der Waals surface area contributed by atoms with Crippen LogP contribution in [0.15, 0.2) is 77.0 Å². The van der Waals surface area contributed by atoms with Crippen molar-refractivity contribution in [3.05, 3.63) is 101 Å². The van der Waals surface area contributed by atoms with Crippen LogP contribution in [-0.2, 0) is 11.2 Å². The topological polar surface area (TPSA) is 190 Å². The number of aromatic hydroxyl groups is 1. The summed E-state index contributed by atoms with van der Waals surface area (Å²) in [5.41, 5.74) is 11.7. The van der Waals surface area contributed by atoms with E-state index in [-0.39, 0.29) is 55.6 Å². The van der Waals surface area contributed by atoms with E-state index in [9.17, 15) is 30.6 Å². The van der Waals surface area contributed by atoms with Gasteiger partial charge in [0, 0.05) is 50.3 Å². The number of rotatable bonds is 24. The quantitative estimate of drug-likeness (QED) is 0.0396. The van der Waals surface area contributed by atoms with Crippen LogP contribution in [0.5, 0.6) is 11.5 Å². The average Bonchev–Trinajstić information content (AvgIpc) is 4.02. The number of nitrogens with two attached hydrogens (primary N) is 1. The third kappa shape index (κ3) is 12.3. The van der Waals surface area contributed by atoms with Gasteiger partial charge in [0.05, 0.1) is 24.2 Å². The SMILES string of the molecule is C[C@H](O)CN[C@H](CCCO)[C@@H]1C2=C[C+]([C@@H](O)COc3cc(CCC4=C[C-](CO)C(CCCCCC[C@H](N)C[C@@H]5C=Cc6ccccc6[C@H]5O)O4)ccc3O)N=C2CC[C@H]2CCC[C@@H]21. The molecule has 63 heavy (non-hydrogen) atoms. The summed E-state index contributed by atoms with van der Waals surface area (Å²) in [6.45, 7) is 2.28. The van der Waals surface area contributed by atoms with Gasteiger partial charge in [0.1, 0.15) is 12.2 Å². The molecule has 9 N–H and O–H groups in total. The molecule has 10 atom stereocenters. The molecule has 0 saturated heterocycles. The van der Waals surface area contributed by atoms with Crippen molar-refractivity contribution in [3.63, 3.8) is 0 Å². The molecule has 2 fully saturated rings. The second-order valence-corrected chi connectivity index (χ2v) is 18.9. The van der Waals surface area contributed by atoms with Crippen LogP contribution in [0.4, 0.5) is 0 Å². The van der Waals surface area contributed by atoms with Crippen molar-refractivity contribution >= 4 is 11.8 Å². The molecule has 2 aromatic carbocycles. The highest BCUT2D eigenvalue weighted by Gasteiger charge is 2.50. The lowest BCUT2D eigenvalue weighted by Gasteiger charge is -2.32. The Morgan fingerprint density at radius 2 is 1.86 bits per heavy atom. The van der Waals surface area contributed by atoms with Crippen molar-refractivity contribution < 1.29 is 40.1 Å². The second-order valence-electron chi connectivity index (χ2n) is 18.9. The number of phenolic OH excluding ortho intramolecular Hbond substituents is 1. The van der Waals surface area contributed by atoms with E-state index in [2.05, 4.69) is 23.5 Å². The number of allylic oxidation sites excluding steroid dienone is 1. The highest BCUT2D eigenvalue weighted by atomic mass is 16.5. The number of aliphatic hydroxyl groups excluding tert-OH is 5. The predicted molar refractivity (Wildman–Crippen MR) is 248 cm³/mol. The smallest absolute Gasteiger partial charge is 0.189 e. The fourth-order valence-corrected chi connectivity index (χ4v) is 10.9. The van der Waals surface area contributed by atoms with E-state index in [1.807, 2.05) is 42.5 Å². The number of hydrogen-bond acceptors (Lipinski definition) is 11. The number of hydrogen-bond donors (Lipinski definition) is 8. The molecule has 2 aliphatic heterocycles. The van der Waals surface area contributed by atoms with E-state index in [0.29, 0.717) is 49.4 Å². The van der Waals surface area contributed by atoms with Crippen LogP contribution in [0.3, 0.4) is 0 Å². The van der Waals surface area contributed by atoms with Gasteiger partial charge >= 0.3 is 0 Å². The van der Waals surface area contributed by atoms with Gasteiger partial charge in [-0.05, 0) is 98.9 Å². The fraction of sp³-hybridized carbons (Fsp3) is 0.596. The van der Waals surface area contributed by atoms with Gasteiger partial charge in [-0.2, -0.15) is 12.0 Å². The molecule has 5 aliphatic rings. The van der Waals surface area contributed by atoms with E-state index in [4.69, 9.17) is 20.2 Å². The van der Waals surface area contributed by atoms with Gasteiger partial charge in [-0.3, -0.25) is 0 Å². The first-order chi connectivity index (χ1) is 30.6. The van der Waals surface area contributed by atoms with Crippen molar-refractivity contribution in [2.24, 2.45) is 34.4 Å². The number of unbranched alkanes of at least 4 members (excludes halogenated alkanes) is 3. The van der Waals surface area contributed by atoms with Crippen LogP contribution >= 0.6 is 0 Å². The second kappa shape index (κ2) is 22.9. The number of nitrogens with one attached hydrogen (secondary N) is 1. The molecular weight excluding hydrogens is 795 g/mol. The Kier molecular flexibility index (Phi) is 17.1. The summed E-state index contributed by atoms with van der Waals surface area (Å²) in [6.07, 6.45) is 21.1. The monoisotopic (exact) mass is 868 g/mol.